The van der Waals surface area contributed by atoms with Crippen molar-refractivity contribution >= 4 is 10.0 Å². The maximum absolute atomic E-state index is 12.3. The molecule has 0 saturated carbocycles. The number of fused-ring (bicyclic) bond motifs is 1. The van der Waals surface area contributed by atoms with Crippen LogP contribution in [-0.2, 0) is 23.0 Å². The fraction of sp³-hybridized carbons (Fsp3) is 0.571. The van der Waals surface area contributed by atoms with Gasteiger partial charge in [-0.1, -0.05) is 0 Å². The molecule has 3 rings (SSSR count). The minimum absolute atomic E-state index is 0.0820. The third kappa shape index (κ3) is 3.07. The Balaban J connectivity index is 1.63. The highest BCUT2D eigenvalue weighted by molar-refractivity contribution is 7.89. The van der Waals surface area contributed by atoms with Gasteiger partial charge in [0.1, 0.15) is 5.82 Å². The molecule has 0 bridgehead atoms. The van der Waals surface area contributed by atoms with Crippen LogP contribution in [0.25, 0.3) is 0 Å². The Morgan fingerprint density at radius 1 is 1.41 bits per heavy atom. The van der Waals surface area contributed by atoms with Crippen LogP contribution in [0, 0.1) is 5.92 Å². The minimum Gasteiger partial charge on any atom is -0.335 e. The second-order valence-electron chi connectivity index (χ2n) is 6.00. The topological polar surface area (TPSA) is 81.8 Å². The Morgan fingerprint density at radius 2 is 2.23 bits per heavy atom. The largest absolute Gasteiger partial charge is 0.335 e. The second-order valence-corrected chi connectivity index (χ2v) is 7.71. The smallest absolute Gasteiger partial charge is 0.259 e. The lowest BCUT2D eigenvalue weighted by Crippen LogP contribution is -2.33. The Morgan fingerprint density at radius 3 is 2.95 bits per heavy atom. The molecule has 0 aromatic carbocycles. The summed E-state index contributed by atoms with van der Waals surface area (Å²) >= 11 is 0. The van der Waals surface area contributed by atoms with Gasteiger partial charge in [-0.25, -0.2) is 23.1 Å². The minimum atomic E-state index is -3.55. The van der Waals surface area contributed by atoms with Gasteiger partial charge in [0.05, 0.1) is 6.33 Å². The lowest BCUT2D eigenvalue weighted by molar-refractivity contribution is 0.379. The number of sulfonamides is 1. The quantitative estimate of drug-likeness (QED) is 0.896. The first-order chi connectivity index (χ1) is 10.5. The summed E-state index contributed by atoms with van der Waals surface area (Å²) in [7, 11) is -3.55. The molecule has 7 nitrogen and oxygen atoms in total. The first kappa shape index (κ1) is 15.2. The summed E-state index contributed by atoms with van der Waals surface area (Å²) < 4.78 is 31.2. The molecule has 8 heteroatoms. The summed E-state index contributed by atoms with van der Waals surface area (Å²) in [6, 6.07) is 0.189. The maximum atomic E-state index is 12.3. The molecule has 0 aliphatic carbocycles. The monoisotopic (exact) mass is 323 g/mol. The SMILES string of the molecule is CC(C)n1cnc(S(=O)(=O)NC[C@H]2CCn3ccnc3C2)c1. The highest BCUT2D eigenvalue weighted by Gasteiger charge is 2.23. The standard InChI is InChI=1S/C14H21N5O2S/c1-11(2)19-9-14(16-10-19)22(20,21)17-8-12-3-5-18-6-4-15-13(18)7-12/h4,6,9-12,17H,3,5,7-8H2,1-2H3/t12-/m0/s1. The predicted molar refractivity (Wildman–Crippen MR) is 81.8 cm³/mol. The van der Waals surface area contributed by atoms with Crippen LogP contribution < -0.4 is 4.72 Å². The van der Waals surface area contributed by atoms with E-state index in [4.69, 9.17) is 0 Å². The molecule has 0 radical (unpaired) electrons. The van der Waals surface area contributed by atoms with Crippen molar-refractivity contribution in [3.8, 4) is 0 Å². The van der Waals surface area contributed by atoms with Gasteiger partial charge in [0.25, 0.3) is 10.0 Å². The molecule has 0 fully saturated rings. The third-order valence-electron chi connectivity index (χ3n) is 4.06. The van der Waals surface area contributed by atoms with Crippen molar-refractivity contribution in [3.05, 3.63) is 30.7 Å². The third-order valence-corrected chi connectivity index (χ3v) is 5.37. The van der Waals surface area contributed by atoms with Gasteiger partial charge in [-0.2, -0.15) is 0 Å². The van der Waals surface area contributed by atoms with E-state index < -0.39 is 10.0 Å². The van der Waals surface area contributed by atoms with Crippen molar-refractivity contribution in [1.29, 1.82) is 0 Å². The van der Waals surface area contributed by atoms with Gasteiger partial charge in [0.2, 0.25) is 0 Å². The Bertz CT molecular complexity index is 747. The molecule has 2 aromatic rings. The van der Waals surface area contributed by atoms with Crippen LogP contribution >= 0.6 is 0 Å². The molecular weight excluding hydrogens is 302 g/mol. The first-order valence-corrected chi connectivity index (χ1v) is 8.97. The lowest BCUT2D eigenvalue weighted by Gasteiger charge is -2.23. The van der Waals surface area contributed by atoms with E-state index in [1.807, 2.05) is 20.0 Å². The van der Waals surface area contributed by atoms with Crippen LogP contribution in [0.15, 0.2) is 29.9 Å². The van der Waals surface area contributed by atoms with Gasteiger partial charge < -0.3 is 9.13 Å². The van der Waals surface area contributed by atoms with E-state index >= 15 is 0 Å². The highest BCUT2D eigenvalue weighted by atomic mass is 32.2. The molecule has 1 atom stereocenters. The van der Waals surface area contributed by atoms with Crippen molar-refractivity contribution < 1.29 is 8.42 Å². The van der Waals surface area contributed by atoms with Crippen LogP contribution in [-0.4, -0.2) is 34.1 Å². The summed E-state index contributed by atoms with van der Waals surface area (Å²) in [6.45, 7) is 5.28. The molecule has 3 heterocycles. The van der Waals surface area contributed by atoms with E-state index in [9.17, 15) is 8.42 Å². The van der Waals surface area contributed by atoms with Crippen molar-refractivity contribution in [2.45, 2.75) is 44.3 Å². The Labute approximate surface area is 130 Å². The molecule has 1 aliphatic rings. The highest BCUT2D eigenvalue weighted by Crippen LogP contribution is 2.19. The van der Waals surface area contributed by atoms with E-state index in [0.717, 1.165) is 25.2 Å². The summed E-state index contributed by atoms with van der Waals surface area (Å²) in [6.07, 6.45) is 8.63. The zero-order valence-electron chi connectivity index (χ0n) is 12.8. The Kier molecular flexibility index (Phi) is 4.05. The van der Waals surface area contributed by atoms with Gasteiger partial charge >= 0.3 is 0 Å². The molecule has 2 aromatic heterocycles. The van der Waals surface area contributed by atoms with Crippen LogP contribution in [0.1, 0.15) is 32.1 Å². The molecule has 22 heavy (non-hydrogen) atoms. The van der Waals surface area contributed by atoms with E-state index in [1.165, 1.54) is 0 Å². The van der Waals surface area contributed by atoms with Crippen LogP contribution in [0.2, 0.25) is 0 Å². The van der Waals surface area contributed by atoms with Gasteiger partial charge in [0, 0.05) is 44.1 Å². The maximum Gasteiger partial charge on any atom is 0.259 e. The number of hydrogen-bond donors (Lipinski definition) is 1. The molecule has 0 unspecified atom stereocenters. The number of rotatable bonds is 5. The summed E-state index contributed by atoms with van der Waals surface area (Å²) in [4.78, 5) is 8.30. The van der Waals surface area contributed by atoms with Crippen molar-refractivity contribution in [2.24, 2.45) is 5.92 Å². The van der Waals surface area contributed by atoms with Crippen molar-refractivity contribution in [2.75, 3.05) is 6.54 Å². The molecule has 0 saturated heterocycles. The fourth-order valence-corrected chi connectivity index (χ4v) is 3.68. The van der Waals surface area contributed by atoms with E-state index in [1.54, 1.807) is 23.3 Å². The number of aromatic nitrogens is 4. The molecule has 0 amide bonds. The van der Waals surface area contributed by atoms with E-state index in [2.05, 4.69) is 19.3 Å². The van der Waals surface area contributed by atoms with Gasteiger partial charge in [0.15, 0.2) is 5.03 Å². The number of nitrogens with zero attached hydrogens (tertiary/aromatic N) is 4. The lowest BCUT2D eigenvalue weighted by atomic mass is 9.98. The first-order valence-electron chi connectivity index (χ1n) is 7.49. The molecule has 0 spiro atoms. The van der Waals surface area contributed by atoms with Crippen LogP contribution in [0.4, 0.5) is 0 Å². The predicted octanol–water partition coefficient (Wildman–Crippen LogP) is 1.20. The number of nitrogens with one attached hydrogen (secondary N) is 1. The van der Waals surface area contributed by atoms with Crippen molar-refractivity contribution in [3.63, 3.8) is 0 Å². The Hall–Kier alpha value is -1.67. The van der Waals surface area contributed by atoms with Crippen molar-refractivity contribution in [1.82, 2.24) is 23.8 Å². The molecular formula is C14H21N5O2S. The summed E-state index contributed by atoms with van der Waals surface area (Å²) in [5.74, 6) is 1.30. The molecule has 120 valence electrons. The number of hydrogen-bond acceptors (Lipinski definition) is 4. The van der Waals surface area contributed by atoms with Gasteiger partial charge in [-0.3, -0.25) is 0 Å². The average molecular weight is 323 g/mol. The zero-order valence-corrected chi connectivity index (χ0v) is 13.6. The summed E-state index contributed by atoms with van der Waals surface area (Å²) in [5.41, 5.74) is 0. The molecule has 1 aliphatic heterocycles. The number of imidazole rings is 2. The fourth-order valence-electron chi connectivity index (χ4n) is 2.63. The van der Waals surface area contributed by atoms with E-state index in [0.29, 0.717) is 6.54 Å². The molecule has 1 N–H and O–H groups in total. The average Bonchev–Trinajstić information content (AvgIpc) is 3.13. The zero-order chi connectivity index (χ0) is 15.7. The van der Waals surface area contributed by atoms with Crippen LogP contribution in [0.5, 0.6) is 0 Å². The van der Waals surface area contributed by atoms with Crippen LogP contribution in [0.3, 0.4) is 0 Å². The second kappa shape index (κ2) is 5.85. The van der Waals surface area contributed by atoms with Gasteiger partial charge in [-0.05, 0) is 26.2 Å². The normalized spacial score (nSPS) is 18.6. The summed E-state index contributed by atoms with van der Waals surface area (Å²) in [5, 5.41) is 0.0820. The van der Waals surface area contributed by atoms with Gasteiger partial charge in [-0.15, -0.1) is 0 Å². The van der Waals surface area contributed by atoms with E-state index in [-0.39, 0.29) is 17.0 Å². The number of aryl methyl sites for hydroxylation is 1.